The number of carbonyl (C=O) groups is 2. The van der Waals surface area contributed by atoms with Gasteiger partial charge in [0.25, 0.3) is 11.8 Å². The number of ether oxygens (including phenoxy) is 1. The number of carbonyl (C=O) groups excluding carboxylic acids is 2. The molecule has 1 unspecified atom stereocenters. The number of nitrogens with zero attached hydrogens (tertiary/aromatic N) is 4. The van der Waals surface area contributed by atoms with E-state index in [1.54, 1.807) is 18.1 Å². The third kappa shape index (κ3) is 5.14. The Hall–Kier alpha value is -4.10. The predicted molar refractivity (Wildman–Crippen MR) is 141 cm³/mol. The first-order chi connectivity index (χ1) is 18.8. The quantitative estimate of drug-likeness (QED) is 0.510. The van der Waals surface area contributed by atoms with Gasteiger partial charge in [-0.1, -0.05) is 24.6 Å². The first kappa shape index (κ1) is 26.5. The number of nitriles is 1. The van der Waals surface area contributed by atoms with Gasteiger partial charge in [-0.05, 0) is 54.3 Å². The number of fused-ring (bicyclic) bond motifs is 1. The van der Waals surface area contributed by atoms with Crippen LogP contribution in [0.3, 0.4) is 0 Å². The summed E-state index contributed by atoms with van der Waals surface area (Å²) in [6.07, 6.45) is 3.28. The van der Waals surface area contributed by atoms with Gasteiger partial charge in [-0.3, -0.25) is 19.5 Å². The van der Waals surface area contributed by atoms with Gasteiger partial charge in [0.05, 0.1) is 37.7 Å². The fourth-order valence-corrected chi connectivity index (χ4v) is 5.54. The van der Waals surface area contributed by atoms with Gasteiger partial charge in [-0.25, -0.2) is 8.78 Å². The minimum atomic E-state index is -3.19. The number of hydrogen-bond acceptors (Lipinski definition) is 6. The molecule has 2 aliphatic heterocycles. The van der Waals surface area contributed by atoms with Crippen LogP contribution in [0.4, 0.5) is 8.78 Å². The summed E-state index contributed by atoms with van der Waals surface area (Å²) in [6.45, 7) is -0.415. The number of hydrogen-bond donors (Lipinski definition) is 1. The number of alkyl halides is 2. The van der Waals surface area contributed by atoms with Crippen LogP contribution in [0.5, 0.6) is 5.75 Å². The highest BCUT2D eigenvalue weighted by Gasteiger charge is 2.60. The third-order valence-corrected chi connectivity index (χ3v) is 7.51. The van der Waals surface area contributed by atoms with Gasteiger partial charge in [-0.15, -0.1) is 0 Å². The Morgan fingerprint density at radius 3 is 2.49 bits per heavy atom. The van der Waals surface area contributed by atoms with Crippen LogP contribution in [0.15, 0.2) is 54.7 Å². The monoisotopic (exact) mass is 533 g/mol. The Morgan fingerprint density at radius 2 is 1.79 bits per heavy atom. The average Bonchev–Trinajstić information content (AvgIpc) is 3.27. The van der Waals surface area contributed by atoms with Gasteiger partial charge in [0, 0.05) is 24.7 Å². The first-order valence-electron chi connectivity index (χ1n) is 12.9. The van der Waals surface area contributed by atoms with Gasteiger partial charge in [0.2, 0.25) is 5.91 Å². The number of methoxy groups -OCH3 is 1. The van der Waals surface area contributed by atoms with E-state index in [-0.39, 0.29) is 0 Å². The van der Waals surface area contributed by atoms with E-state index < -0.39 is 42.9 Å². The molecule has 0 radical (unpaired) electrons. The number of likely N-dealkylation sites (tertiary alicyclic amines) is 2. The molecule has 2 aromatic carbocycles. The van der Waals surface area contributed by atoms with Crippen LogP contribution in [-0.4, -0.2) is 71.5 Å². The highest BCUT2D eigenvalue weighted by atomic mass is 19.3. The molecule has 1 aromatic heterocycles. The number of halogens is 2. The van der Waals surface area contributed by atoms with E-state index in [0.29, 0.717) is 29.6 Å². The van der Waals surface area contributed by atoms with E-state index >= 15 is 0 Å². The molecule has 0 saturated carbocycles. The lowest BCUT2D eigenvalue weighted by Gasteiger charge is -2.43. The fourth-order valence-electron chi connectivity index (χ4n) is 5.54. The van der Waals surface area contributed by atoms with E-state index in [4.69, 9.17) is 4.74 Å². The molecule has 1 N–H and O–H groups in total. The van der Waals surface area contributed by atoms with Crippen LogP contribution in [0, 0.1) is 11.3 Å². The second-order valence-corrected chi connectivity index (χ2v) is 9.99. The zero-order valence-corrected chi connectivity index (χ0v) is 21.6. The molecule has 39 heavy (non-hydrogen) atoms. The van der Waals surface area contributed by atoms with Gasteiger partial charge in [0.15, 0.2) is 5.66 Å². The third-order valence-electron chi connectivity index (χ3n) is 7.51. The normalized spacial score (nSPS) is 20.9. The topological polar surface area (TPSA) is 98.6 Å². The van der Waals surface area contributed by atoms with Crippen LogP contribution in [0.1, 0.15) is 36.0 Å². The lowest BCUT2D eigenvalue weighted by Crippen LogP contribution is -2.60. The van der Waals surface area contributed by atoms with Crippen LogP contribution < -0.4 is 10.1 Å². The largest absolute Gasteiger partial charge is 0.497 e. The van der Waals surface area contributed by atoms with Crippen molar-refractivity contribution in [3.63, 3.8) is 0 Å². The van der Waals surface area contributed by atoms with Crippen LogP contribution in [0.2, 0.25) is 0 Å². The van der Waals surface area contributed by atoms with Crippen molar-refractivity contribution in [1.29, 1.82) is 5.26 Å². The molecule has 8 nitrogen and oxygen atoms in total. The molecule has 0 bridgehead atoms. The molecule has 3 aromatic rings. The number of amides is 2. The van der Waals surface area contributed by atoms with Crippen molar-refractivity contribution in [3.05, 3.63) is 60.3 Å². The molecular formula is C29H29F2N5O3. The summed E-state index contributed by atoms with van der Waals surface area (Å²) in [5, 5.41) is 13.2. The molecule has 2 saturated heterocycles. The molecule has 0 spiro atoms. The van der Waals surface area contributed by atoms with E-state index in [1.165, 1.54) is 6.20 Å². The van der Waals surface area contributed by atoms with E-state index in [2.05, 4.69) is 10.3 Å². The zero-order valence-electron chi connectivity index (χ0n) is 21.6. The van der Waals surface area contributed by atoms with Crippen molar-refractivity contribution < 1.29 is 23.1 Å². The maximum atomic E-state index is 14.6. The molecule has 5 rings (SSSR count). The number of pyridine rings is 1. The molecule has 2 fully saturated rings. The number of rotatable bonds is 6. The number of aromatic nitrogens is 1. The molecule has 2 aliphatic rings. The lowest BCUT2D eigenvalue weighted by molar-refractivity contribution is -0.139. The summed E-state index contributed by atoms with van der Waals surface area (Å²) in [5.74, 6) is -3.71. The molecule has 202 valence electrons. The second-order valence-electron chi connectivity index (χ2n) is 9.99. The summed E-state index contributed by atoms with van der Waals surface area (Å²) < 4.78 is 34.4. The van der Waals surface area contributed by atoms with E-state index in [0.717, 1.165) is 41.0 Å². The van der Waals surface area contributed by atoms with Crippen LogP contribution in [0.25, 0.3) is 22.0 Å². The predicted octanol–water partition coefficient (Wildman–Crippen LogP) is 4.21. The van der Waals surface area contributed by atoms with Crippen molar-refractivity contribution in [2.24, 2.45) is 0 Å². The van der Waals surface area contributed by atoms with Gasteiger partial charge >= 0.3 is 0 Å². The second kappa shape index (κ2) is 10.6. The summed E-state index contributed by atoms with van der Waals surface area (Å²) >= 11 is 0. The number of benzene rings is 2. The first-order valence-corrected chi connectivity index (χ1v) is 12.9. The molecule has 10 heteroatoms. The summed E-state index contributed by atoms with van der Waals surface area (Å²) in [7, 11) is 1.59. The van der Waals surface area contributed by atoms with Gasteiger partial charge in [-0.2, -0.15) is 5.26 Å². The van der Waals surface area contributed by atoms with Crippen LogP contribution in [-0.2, 0) is 4.79 Å². The molecular weight excluding hydrogens is 504 g/mol. The summed E-state index contributed by atoms with van der Waals surface area (Å²) in [4.78, 5) is 33.4. The highest BCUT2D eigenvalue weighted by molar-refractivity contribution is 6.07. The molecule has 3 heterocycles. The fraction of sp³-hybridized carbons (Fsp3) is 0.379. The maximum Gasteiger partial charge on any atom is 0.270 e. The Kier molecular flexibility index (Phi) is 7.19. The van der Waals surface area contributed by atoms with Crippen molar-refractivity contribution >= 4 is 22.7 Å². The van der Waals surface area contributed by atoms with E-state index in [9.17, 15) is 23.6 Å². The number of nitrogens with one attached hydrogen (secondary N) is 1. The Morgan fingerprint density at radius 1 is 1.08 bits per heavy atom. The van der Waals surface area contributed by atoms with Crippen molar-refractivity contribution in [2.45, 2.75) is 37.3 Å². The lowest BCUT2D eigenvalue weighted by atomic mass is 10.00. The van der Waals surface area contributed by atoms with Crippen LogP contribution >= 0.6 is 0 Å². The smallest absolute Gasteiger partial charge is 0.270 e. The minimum absolute atomic E-state index is 0.303. The Bertz CT molecular complexity index is 1430. The SMILES string of the molecule is COc1ccc(-c2ccc3nccc(C(=O)NCC(=O)N4CC(F)(F)CC4(C#N)N4CCCCC4)c3c2)cc1. The highest BCUT2D eigenvalue weighted by Crippen LogP contribution is 2.42. The molecule has 1 atom stereocenters. The average molecular weight is 534 g/mol. The van der Waals surface area contributed by atoms with Crippen molar-refractivity contribution in [3.8, 4) is 22.9 Å². The van der Waals surface area contributed by atoms with E-state index in [1.807, 2.05) is 48.5 Å². The van der Waals surface area contributed by atoms with Gasteiger partial charge < -0.3 is 15.0 Å². The number of piperidine rings is 1. The van der Waals surface area contributed by atoms with Gasteiger partial charge in [0.1, 0.15) is 11.8 Å². The zero-order chi connectivity index (χ0) is 27.6. The van der Waals surface area contributed by atoms with Crippen molar-refractivity contribution in [2.75, 3.05) is 33.3 Å². The molecule has 0 aliphatic carbocycles. The maximum absolute atomic E-state index is 14.6. The summed E-state index contributed by atoms with van der Waals surface area (Å²) in [5.41, 5.74) is 0.963. The van der Waals surface area contributed by atoms with Crippen molar-refractivity contribution in [1.82, 2.24) is 20.1 Å². The summed E-state index contributed by atoms with van der Waals surface area (Å²) in [6, 6.07) is 16.6. The Balaban J connectivity index is 1.36. The standard InChI is InChI=1S/C29H29F2N5O3/c1-39-22-8-5-20(6-9-22)21-7-10-25-24(15-21)23(11-12-33-25)27(38)34-16-26(37)36-19-28(30,31)17-29(36,18-32)35-13-3-2-4-14-35/h5-12,15H,2-4,13-14,16-17,19H2,1H3,(H,34,38). The Labute approximate surface area is 225 Å². The minimum Gasteiger partial charge on any atom is -0.497 e. The molecule has 2 amide bonds.